The molecule has 3 heteroatoms. The third-order valence-corrected chi connectivity index (χ3v) is 2.34. The number of nitrogens with zero attached hydrogens (tertiary/aromatic N) is 1. The van der Waals surface area contributed by atoms with Gasteiger partial charge in [-0.3, -0.25) is 0 Å². The van der Waals surface area contributed by atoms with Crippen LogP contribution in [0.25, 0.3) is 10.9 Å². The van der Waals surface area contributed by atoms with Crippen molar-refractivity contribution in [2.45, 2.75) is 13.0 Å². The maximum atomic E-state index is 13.5. The molecule has 2 aromatic rings. The molecule has 2 nitrogen and oxygen atoms in total. The summed E-state index contributed by atoms with van der Waals surface area (Å²) in [7, 11) is 0. The van der Waals surface area contributed by atoms with Crippen molar-refractivity contribution < 1.29 is 4.39 Å². The van der Waals surface area contributed by atoms with Crippen molar-refractivity contribution in [2.75, 3.05) is 6.54 Å². The fourth-order valence-corrected chi connectivity index (χ4v) is 1.66. The molecule has 1 heterocycles. The van der Waals surface area contributed by atoms with E-state index in [0.717, 1.165) is 18.4 Å². The van der Waals surface area contributed by atoms with Crippen molar-refractivity contribution in [3.63, 3.8) is 0 Å². The Labute approximate surface area is 82.1 Å². The third kappa shape index (κ3) is 1.51. The van der Waals surface area contributed by atoms with E-state index in [0.29, 0.717) is 12.1 Å². The second kappa shape index (κ2) is 3.80. The van der Waals surface area contributed by atoms with Crippen LogP contribution in [0, 0.1) is 5.82 Å². The number of rotatable bonds is 3. The van der Waals surface area contributed by atoms with E-state index < -0.39 is 0 Å². The number of aryl methyl sites for hydroxylation is 1. The molecule has 0 spiro atoms. The van der Waals surface area contributed by atoms with Gasteiger partial charge in [0, 0.05) is 18.1 Å². The monoisotopic (exact) mass is 192 g/mol. The van der Waals surface area contributed by atoms with E-state index in [9.17, 15) is 4.39 Å². The van der Waals surface area contributed by atoms with Crippen LogP contribution in [-0.2, 0) is 6.54 Å². The second-order valence-corrected chi connectivity index (χ2v) is 3.33. The number of aromatic nitrogens is 1. The average Bonchev–Trinajstić information content (AvgIpc) is 2.59. The van der Waals surface area contributed by atoms with Gasteiger partial charge in [-0.25, -0.2) is 4.39 Å². The standard InChI is InChI=1S/C11H13FN2/c12-10-4-1-3-9-5-8-14(11(9)10)7-2-6-13/h1,3-5,8H,2,6-7,13H2. The molecule has 0 amide bonds. The Morgan fingerprint density at radius 3 is 2.93 bits per heavy atom. The summed E-state index contributed by atoms with van der Waals surface area (Å²) >= 11 is 0. The molecule has 1 aromatic carbocycles. The van der Waals surface area contributed by atoms with E-state index in [1.54, 1.807) is 6.07 Å². The predicted molar refractivity (Wildman–Crippen MR) is 55.6 cm³/mol. The summed E-state index contributed by atoms with van der Waals surface area (Å²) in [6, 6.07) is 7.05. The lowest BCUT2D eigenvalue weighted by Gasteiger charge is -2.04. The van der Waals surface area contributed by atoms with E-state index in [1.165, 1.54) is 6.07 Å². The summed E-state index contributed by atoms with van der Waals surface area (Å²) in [5.41, 5.74) is 6.10. The van der Waals surface area contributed by atoms with E-state index in [4.69, 9.17) is 5.73 Å². The Morgan fingerprint density at radius 1 is 1.29 bits per heavy atom. The average molecular weight is 192 g/mol. The van der Waals surface area contributed by atoms with E-state index in [2.05, 4.69) is 0 Å². The minimum Gasteiger partial charge on any atom is -0.345 e. The van der Waals surface area contributed by atoms with Crippen molar-refractivity contribution in [3.8, 4) is 0 Å². The van der Waals surface area contributed by atoms with E-state index in [1.807, 2.05) is 22.9 Å². The molecule has 0 aliphatic heterocycles. The Bertz CT molecular complexity index is 434. The SMILES string of the molecule is NCCCn1ccc2cccc(F)c21. The van der Waals surface area contributed by atoms with Gasteiger partial charge >= 0.3 is 0 Å². The van der Waals surface area contributed by atoms with Crippen LogP contribution in [0.2, 0.25) is 0 Å². The molecular weight excluding hydrogens is 179 g/mol. The van der Waals surface area contributed by atoms with Crippen molar-refractivity contribution in [3.05, 3.63) is 36.3 Å². The molecule has 0 bridgehead atoms. The molecule has 0 aliphatic carbocycles. The minimum atomic E-state index is -0.162. The second-order valence-electron chi connectivity index (χ2n) is 3.33. The lowest BCUT2D eigenvalue weighted by molar-refractivity contribution is 0.613. The summed E-state index contributed by atoms with van der Waals surface area (Å²) < 4.78 is 15.4. The number of hydrogen-bond acceptors (Lipinski definition) is 1. The van der Waals surface area contributed by atoms with Crippen LogP contribution >= 0.6 is 0 Å². The molecule has 2 N–H and O–H groups in total. The molecule has 2 rings (SSSR count). The lowest BCUT2D eigenvalue weighted by Crippen LogP contribution is -2.05. The molecule has 74 valence electrons. The van der Waals surface area contributed by atoms with Crippen molar-refractivity contribution in [1.29, 1.82) is 0 Å². The van der Waals surface area contributed by atoms with Gasteiger partial charge < -0.3 is 10.3 Å². The molecule has 0 radical (unpaired) electrons. The van der Waals surface area contributed by atoms with Crippen LogP contribution in [0.5, 0.6) is 0 Å². The molecule has 0 fully saturated rings. The van der Waals surface area contributed by atoms with E-state index in [-0.39, 0.29) is 5.82 Å². The number of nitrogens with two attached hydrogens (primary N) is 1. The molecule has 0 atom stereocenters. The first-order chi connectivity index (χ1) is 6.83. The van der Waals surface area contributed by atoms with Crippen LogP contribution < -0.4 is 5.73 Å². The number of halogens is 1. The summed E-state index contributed by atoms with van der Waals surface area (Å²) in [5.74, 6) is -0.162. The van der Waals surface area contributed by atoms with Gasteiger partial charge in [-0.2, -0.15) is 0 Å². The number of hydrogen-bond donors (Lipinski definition) is 1. The molecule has 1 aromatic heterocycles. The zero-order valence-corrected chi connectivity index (χ0v) is 7.91. The van der Waals surface area contributed by atoms with E-state index >= 15 is 0 Å². The first-order valence-electron chi connectivity index (χ1n) is 4.76. The summed E-state index contributed by atoms with van der Waals surface area (Å²) in [4.78, 5) is 0. The lowest BCUT2D eigenvalue weighted by atomic mass is 10.2. The number of para-hydroxylation sites is 1. The maximum Gasteiger partial charge on any atom is 0.147 e. The van der Waals surface area contributed by atoms with Crippen LogP contribution in [0.15, 0.2) is 30.5 Å². The summed E-state index contributed by atoms with van der Waals surface area (Å²) in [6.07, 6.45) is 2.78. The highest BCUT2D eigenvalue weighted by Gasteiger charge is 2.04. The fourth-order valence-electron chi connectivity index (χ4n) is 1.66. The van der Waals surface area contributed by atoms with Gasteiger partial charge in [-0.05, 0) is 25.1 Å². The first-order valence-corrected chi connectivity index (χ1v) is 4.76. The molecule has 0 saturated heterocycles. The summed E-state index contributed by atoms with van der Waals surface area (Å²) in [5, 5.41) is 0.946. The maximum absolute atomic E-state index is 13.5. The molecule has 0 unspecified atom stereocenters. The van der Waals surface area contributed by atoms with Gasteiger partial charge in [-0.1, -0.05) is 12.1 Å². The smallest absolute Gasteiger partial charge is 0.147 e. The minimum absolute atomic E-state index is 0.162. The number of fused-ring (bicyclic) bond motifs is 1. The van der Waals surface area contributed by atoms with Gasteiger partial charge in [-0.15, -0.1) is 0 Å². The highest BCUT2D eigenvalue weighted by molar-refractivity contribution is 5.80. The molecule has 0 saturated carbocycles. The van der Waals surface area contributed by atoms with Gasteiger partial charge in [0.1, 0.15) is 5.82 Å². The van der Waals surface area contributed by atoms with Gasteiger partial charge in [0.25, 0.3) is 0 Å². The first kappa shape index (κ1) is 9.21. The van der Waals surface area contributed by atoms with Gasteiger partial charge in [0.15, 0.2) is 0 Å². The zero-order chi connectivity index (χ0) is 9.97. The molecule has 14 heavy (non-hydrogen) atoms. The largest absolute Gasteiger partial charge is 0.345 e. The van der Waals surface area contributed by atoms with Crippen LogP contribution in [0.4, 0.5) is 4.39 Å². The predicted octanol–water partition coefficient (Wildman–Crippen LogP) is 2.13. The Kier molecular flexibility index (Phi) is 2.50. The highest BCUT2D eigenvalue weighted by atomic mass is 19.1. The van der Waals surface area contributed by atoms with Crippen LogP contribution in [-0.4, -0.2) is 11.1 Å². The highest BCUT2D eigenvalue weighted by Crippen LogP contribution is 2.19. The topological polar surface area (TPSA) is 30.9 Å². The van der Waals surface area contributed by atoms with Gasteiger partial charge in [0.2, 0.25) is 0 Å². The van der Waals surface area contributed by atoms with Crippen molar-refractivity contribution in [1.82, 2.24) is 4.57 Å². The Hall–Kier alpha value is -1.35. The fraction of sp³-hybridized carbons (Fsp3) is 0.273. The Morgan fingerprint density at radius 2 is 2.14 bits per heavy atom. The normalized spacial score (nSPS) is 11.0. The van der Waals surface area contributed by atoms with Gasteiger partial charge in [0.05, 0.1) is 5.52 Å². The molecular formula is C11H13FN2. The van der Waals surface area contributed by atoms with Crippen molar-refractivity contribution in [2.24, 2.45) is 5.73 Å². The third-order valence-electron chi connectivity index (χ3n) is 2.34. The zero-order valence-electron chi connectivity index (χ0n) is 7.91. The Balaban J connectivity index is 2.45. The summed E-state index contributed by atoms with van der Waals surface area (Å²) in [6.45, 7) is 1.41. The van der Waals surface area contributed by atoms with Crippen molar-refractivity contribution >= 4 is 10.9 Å². The quantitative estimate of drug-likeness (QED) is 0.793. The molecule has 0 aliphatic rings. The van der Waals surface area contributed by atoms with Crippen LogP contribution in [0.1, 0.15) is 6.42 Å². The number of benzene rings is 1. The van der Waals surface area contributed by atoms with Crippen LogP contribution in [0.3, 0.4) is 0 Å².